The summed E-state index contributed by atoms with van der Waals surface area (Å²) >= 11 is 0. The molecule has 5 rings (SSSR count). The van der Waals surface area contributed by atoms with Gasteiger partial charge in [-0.1, -0.05) is 66.8 Å². The topological polar surface area (TPSA) is 80.8 Å². The number of ether oxygens (including phenoxy) is 1. The first-order valence-electron chi connectivity index (χ1n) is 13.1. The summed E-state index contributed by atoms with van der Waals surface area (Å²) in [6.45, 7) is 7.15. The molecule has 0 saturated heterocycles. The van der Waals surface area contributed by atoms with Crippen molar-refractivity contribution < 1.29 is 23.9 Å². The van der Waals surface area contributed by atoms with Gasteiger partial charge in [0.2, 0.25) is 5.91 Å². The number of hydrogen-bond acceptors (Lipinski definition) is 5. The summed E-state index contributed by atoms with van der Waals surface area (Å²) in [6.07, 6.45) is 6.29. The molecule has 2 aliphatic carbocycles. The van der Waals surface area contributed by atoms with Gasteiger partial charge in [0.15, 0.2) is 5.78 Å². The van der Waals surface area contributed by atoms with Gasteiger partial charge in [-0.15, -0.1) is 0 Å². The molecule has 196 valence electrons. The maximum absolute atomic E-state index is 14.6. The summed E-state index contributed by atoms with van der Waals surface area (Å²) in [6, 6.07) is 16.9. The highest BCUT2D eigenvalue weighted by Gasteiger charge is 2.70. The van der Waals surface area contributed by atoms with Gasteiger partial charge in [0.05, 0.1) is 5.41 Å². The van der Waals surface area contributed by atoms with E-state index >= 15 is 0 Å². The summed E-state index contributed by atoms with van der Waals surface area (Å²) in [5.41, 5.74) is 0.524. The molecule has 0 radical (unpaired) electrons. The second-order valence-corrected chi connectivity index (χ2v) is 11.4. The standard InChI is InChI=1S/C32H33NO5/c1-6-12-22-20(18-34)17-21-25(19-13-8-7-9-14-19)26(29(36)38-31(2,3)4)28(35)27(21)32(22)23-15-10-11-16-24(23)33(5)30(32)37/h6-18,21-22,25-27H,1-5H3/b12-6+/t21-,22-,25-,26+,27+,32-/m1/s1. The molecule has 1 spiro atoms. The number of fused-ring (bicyclic) bond motifs is 4. The Morgan fingerprint density at radius 2 is 1.68 bits per heavy atom. The zero-order chi connectivity index (χ0) is 27.4. The molecule has 3 aliphatic rings. The number of carbonyl (C=O) groups excluding carboxylic acids is 4. The molecule has 0 bridgehead atoms. The van der Waals surface area contributed by atoms with Crippen LogP contribution in [-0.4, -0.2) is 36.6 Å². The van der Waals surface area contributed by atoms with E-state index in [1.54, 1.807) is 32.7 Å². The summed E-state index contributed by atoms with van der Waals surface area (Å²) in [4.78, 5) is 56.9. The first-order valence-corrected chi connectivity index (χ1v) is 13.1. The minimum absolute atomic E-state index is 0.241. The van der Waals surface area contributed by atoms with E-state index in [4.69, 9.17) is 4.74 Å². The zero-order valence-electron chi connectivity index (χ0n) is 22.4. The number of amides is 1. The zero-order valence-corrected chi connectivity index (χ0v) is 22.4. The number of ketones is 1. The van der Waals surface area contributed by atoms with Gasteiger partial charge in [-0.05, 0) is 56.4 Å². The number of esters is 1. The van der Waals surface area contributed by atoms with Crippen molar-refractivity contribution in [3.8, 4) is 0 Å². The van der Waals surface area contributed by atoms with E-state index in [0.717, 1.165) is 11.8 Å². The van der Waals surface area contributed by atoms with Gasteiger partial charge in [-0.25, -0.2) is 0 Å². The average Bonchev–Trinajstić information content (AvgIpc) is 3.30. The number of Topliss-reactive ketones (excluding diaryl/α,β-unsaturated/α-hetero) is 1. The molecule has 0 N–H and O–H groups in total. The van der Waals surface area contributed by atoms with Crippen LogP contribution in [0.4, 0.5) is 5.69 Å². The van der Waals surface area contributed by atoms with E-state index in [1.165, 1.54) is 0 Å². The number of carbonyl (C=O) groups is 4. The van der Waals surface area contributed by atoms with Crippen LogP contribution in [0.3, 0.4) is 0 Å². The van der Waals surface area contributed by atoms with Crippen molar-refractivity contribution in [2.45, 2.75) is 44.6 Å². The van der Waals surface area contributed by atoms with Gasteiger partial charge in [0, 0.05) is 30.5 Å². The van der Waals surface area contributed by atoms with Crippen molar-refractivity contribution in [1.29, 1.82) is 0 Å². The van der Waals surface area contributed by atoms with Crippen LogP contribution in [0, 0.1) is 23.7 Å². The van der Waals surface area contributed by atoms with E-state index < -0.39 is 46.6 Å². The predicted octanol–water partition coefficient (Wildman–Crippen LogP) is 4.79. The molecule has 2 aromatic rings. The van der Waals surface area contributed by atoms with Crippen LogP contribution < -0.4 is 4.90 Å². The molecule has 0 unspecified atom stereocenters. The lowest BCUT2D eigenvalue weighted by Crippen LogP contribution is -2.55. The third-order valence-electron chi connectivity index (χ3n) is 8.23. The Morgan fingerprint density at radius 3 is 2.32 bits per heavy atom. The summed E-state index contributed by atoms with van der Waals surface area (Å²) in [7, 11) is 1.70. The molecular formula is C32H33NO5. The molecule has 1 amide bonds. The predicted molar refractivity (Wildman–Crippen MR) is 144 cm³/mol. The molecule has 1 fully saturated rings. The highest BCUT2D eigenvalue weighted by Crippen LogP contribution is 2.63. The number of likely N-dealkylation sites (N-methyl/N-ethyl adjacent to an activating group) is 1. The monoisotopic (exact) mass is 511 g/mol. The van der Waals surface area contributed by atoms with Crippen molar-refractivity contribution in [3.63, 3.8) is 0 Å². The van der Waals surface area contributed by atoms with Gasteiger partial charge in [-0.3, -0.25) is 19.2 Å². The van der Waals surface area contributed by atoms with Crippen molar-refractivity contribution in [1.82, 2.24) is 0 Å². The lowest BCUT2D eigenvalue weighted by Gasteiger charge is -2.45. The summed E-state index contributed by atoms with van der Waals surface area (Å²) in [5.74, 6) is -4.89. The Hall–Kier alpha value is -3.80. The van der Waals surface area contributed by atoms with Crippen LogP contribution in [0.25, 0.3) is 0 Å². The third-order valence-corrected chi connectivity index (χ3v) is 8.23. The largest absolute Gasteiger partial charge is 0.459 e. The number of hydrogen-bond donors (Lipinski definition) is 0. The average molecular weight is 512 g/mol. The Balaban J connectivity index is 1.82. The third kappa shape index (κ3) is 3.61. The van der Waals surface area contributed by atoms with Crippen LogP contribution in [0.5, 0.6) is 0 Å². The van der Waals surface area contributed by atoms with E-state index in [-0.39, 0.29) is 11.7 Å². The van der Waals surface area contributed by atoms with E-state index in [2.05, 4.69) is 0 Å². The summed E-state index contributed by atoms with van der Waals surface area (Å²) in [5, 5.41) is 0. The van der Waals surface area contributed by atoms with Gasteiger partial charge in [0.1, 0.15) is 17.8 Å². The molecule has 2 aromatic carbocycles. The van der Waals surface area contributed by atoms with Crippen LogP contribution in [0.2, 0.25) is 0 Å². The van der Waals surface area contributed by atoms with Crippen LogP contribution in [0.1, 0.15) is 44.7 Å². The molecule has 38 heavy (non-hydrogen) atoms. The van der Waals surface area contributed by atoms with Crippen LogP contribution >= 0.6 is 0 Å². The maximum Gasteiger partial charge on any atom is 0.317 e. The Morgan fingerprint density at radius 1 is 1.03 bits per heavy atom. The molecule has 6 atom stereocenters. The van der Waals surface area contributed by atoms with E-state index in [0.29, 0.717) is 16.8 Å². The highest BCUT2D eigenvalue weighted by molar-refractivity contribution is 6.15. The Bertz CT molecular complexity index is 1370. The van der Waals surface area contributed by atoms with Crippen LogP contribution in [0.15, 0.2) is 78.4 Å². The second-order valence-electron chi connectivity index (χ2n) is 11.4. The van der Waals surface area contributed by atoms with Gasteiger partial charge >= 0.3 is 5.97 Å². The number of nitrogens with zero attached hydrogens (tertiary/aromatic N) is 1. The first kappa shape index (κ1) is 25.8. The quantitative estimate of drug-likeness (QED) is 0.255. The lowest BCUT2D eigenvalue weighted by molar-refractivity contribution is -0.162. The normalized spacial score (nSPS) is 30.4. The summed E-state index contributed by atoms with van der Waals surface area (Å²) < 4.78 is 5.79. The van der Waals surface area contributed by atoms with Gasteiger partial charge in [0.25, 0.3) is 0 Å². The fourth-order valence-corrected chi connectivity index (χ4v) is 7.00. The number of allylic oxidation sites excluding steroid dienone is 4. The molecule has 1 saturated carbocycles. The highest BCUT2D eigenvalue weighted by atomic mass is 16.6. The minimum Gasteiger partial charge on any atom is -0.459 e. The van der Waals surface area contributed by atoms with Crippen LogP contribution in [-0.2, 0) is 29.3 Å². The lowest BCUT2D eigenvalue weighted by atomic mass is 9.54. The van der Waals surface area contributed by atoms with E-state index in [1.807, 2.05) is 79.7 Å². The van der Waals surface area contributed by atoms with Crippen molar-refractivity contribution in [2.75, 3.05) is 11.9 Å². The minimum atomic E-state index is -1.35. The molecular weight excluding hydrogens is 478 g/mol. The van der Waals surface area contributed by atoms with Crippen molar-refractivity contribution in [2.24, 2.45) is 23.7 Å². The van der Waals surface area contributed by atoms with Gasteiger partial charge < -0.3 is 9.64 Å². The number of para-hydroxylation sites is 1. The second kappa shape index (κ2) is 9.19. The van der Waals surface area contributed by atoms with Gasteiger partial charge in [-0.2, -0.15) is 0 Å². The molecule has 6 nitrogen and oxygen atoms in total. The smallest absolute Gasteiger partial charge is 0.317 e. The fourth-order valence-electron chi connectivity index (χ4n) is 7.00. The van der Waals surface area contributed by atoms with Crippen molar-refractivity contribution in [3.05, 3.63) is 89.5 Å². The Labute approximate surface area is 223 Å². The first-order chi connectivity index (χ1) is 18.1. The molecule has 1 heterocycles. The molecule has 1 aliphatic heterocycles. The van der Waals surface area contributed by atoms with E-state index in [9.17, 15) is 19.2 Å². The number of benzene rings is 2. The molecule has 0 aromatic heterocycles. The van der Waals surface area contributed by atoms with Crippen molar-refractivity contribution >= 4 is 29.6 Å². The Kier molecular flexibility index (Phi) is 6.25. The fraction of sp³-hybridized carbons (Fsp3) is 0.375. The number of rotatable bonds is 4. The SMILES string of the molecule is C/C=C/[C@@H]1C(C=O)=C[C@@H]2[C@@H](c3ccccc3)[C@H](C(=O)OC(C)(C)C)C(=O)[C@H]2[C@@]12C(=O)N(C)c1ccccc12. The molecule has 6 heteroatoms. The number of aldehydes is 1. The maximum atomic E-state index is 14.6. The number of anilines is 1.